The van der Waals surface area contributed by atoms with E-state index >= 15 is 0 Å². The lowest BCUT2D eigenvalue weighted by Gasteiger charge is -2.06. The minimum absolute atomic E-state index is 0.0462. The molecule has 0 N–H and O–H groups in total. The monoisotopic (exact) mass is 309 g/mol. The summed E-state index contributed by atoms with van der Waals surface area (Å²) >= 11 is 5.82. The van der Waals surface area contributed by atoms with Gasteiger partial charge in [-0.3, -0.25) is 10.1 Å². The van der Waals surface area contributed by atoms with Crippen LogP contribution in [-0.4, -0.2) is 10.9 Å². The van der Waals surface area contributed by atoms with Crippen molar-refractivity contribution in [3.05, 3.63) is 74.5 Å². The molecule has 0 saturated heterocycles. The molecule has 0 atom stereocenters. The first kappa shape index (κ1) is 14.9. The predicted molar refractivity (Wildman–Crippen MR) is 73.6 cm³/mol. The first-order valence-corrected chi connectivity index (χ1v) is 6.20. The number of nitro groups is 1. The summed E-state index contributed by atoms with van der Waals surface area (Å²) in [6, 6.07) is 9.04. The lowest BCUT2D eigenvalue weighted by atomic mass is 10.2. The molecule has 2 aromatic rings. The minimum Gasteiger partial charge on any atom is -0.457 e. The fourth-order valence-corrected chi connectivity index (χ4v) is 1.83. The molecular weight excluding hydrogens is 301 g/mol. The highest BCUT2D eigenvalue weighted by molar-refractivity contribution is 6.33. The molecule has 0 unspecified atom stereocenters. The summed E-state index contributed by atoms with van der Waals surface area (Å²) in [6.07, 6.45) is 0. The number of esters is 1. The molecule has 0 saturated carbocycles. The smallest absolute Gasteiger partial charge is 0.340 e. The third kappa shape index (κ3) is 3.76. The third-order valence-corrected chi connectivity index (χ3v) is 2.97. The summed E-state index contributed by atoms with van der Waals surface area (Å²) in [5, 5.41) is 10.7. The number of halogens is 2. The van der Waals surface area contributed by atoms with Gasteiger partial charge in [-0.25, -0.2) is 9.18 Å². The van der Waals surface area contributed by atoms with Crippen molar-refractivity contribution in [2.75, 3.05) is 0 Å². The first-order chi connectivity index (χ1) is 9.97. The van der Waals surface area contributed by atoms with Gasteiger partial charge in [-0.2, -0.15) is 0 Å². The molecule has 0 aromatic heterocycles. The third-order valence-electron chi connectivity index (χ3n) is 2.64. The quantitative estimate of drug-likeness (QED) is 0.490. The van der Waals surface area contributed by atoms with Crippen LogP contribution in [0, 0.1) is 15.9 Å². The van der Waals surface area contributed by atoms with Crippen LogP contribution in [0.3, 0.4) is 0 Å². The number of hydrogen-bond donors (Lipinski definition) is 0. The zero-order valence-corrected chi connectivity index (χ0v) is 11.3. The van der Waals surface area contributed by atoms with Crippen LogP contribution >= 0.6 is 11.6 Å². The SMILES string of the molecule is O=C(OCc1cccc(F)c1)c1cc([N+](=O)[O-])ccc1Cl. The van der Waals surface area contributed by atoms with Crippen LogP contribution in [0.25, 0.3) is 0 Å². The highest BCUT2D eigenvalue weighted by Crippen LogP contribution is 2.23. The van der Waals surface area contributed by atoms with Gasteiger partial charge in [0.15, 0.2) is 0 Å². The number of nitrogens with zero attached hydrogens (tertiary/aromatic N) is 1. The van der Waals surface area contributed by atoms with Crippen LogP contribution < -0.4 is 0 Å². The summed E-state index contributed by atoms with van der Waals surface area (Å²) in [5.41, 5.74) is 0.0873. The Kier molecular flexibility index (Phi) is 4.49. The Bertz CT molecular complexity index is 705. The first-order valence-electron chi connectivity index (χ1n) is 5.83. The molecule has 0 aliphatic heterocycles. The van der Waals surface area contributed by atoms with E-state index in [2.05, 4.69) is 0 Å². The Morgan fingerprint density at radius 3 is 2.71 bits per heavy atom. The Morgan fingerprint density at radius 2 is 2.05 bits per heavy atom. The summed E-state index contributed by atoms with van der Waals surface area (Å²) < 4.78 is 18.0. The van der Waals surface area contributed by atoms with Gasteiger partial charge in [0.2, 0.25) is 0 Å². The van der Waals surface area contributed by atoms with Gasteiger partial charge in [0, 0.05) is 12.1 Å². The molecule has 21 heavy (non-hydrogen) atoms. The number of benzene rings is 2. The van der Waals surface area contributed by atoms with Gasteiger partial charge in [0.1, 0.15) is 12.4 Å². The van der Waals surface area contributed by atoms with Crippen molar-refractivity contribution in [2.24, 2.45) is 0 Å². The maximum atomic E-state index is 13.0. The Labute approximate surface area is 124 Å². The molecule has 0 spiro atoms. The molecule has 0 heterocycles. The van der Waals surface area contributed by atoms with Gasteiger partial charge in [-0.1, -0.05) is 23.7 Å². The normalized spacial score (nSPS) is 10.2. The van der Waals surface area contributed by atoms with Gasteiger partial charge in [-0.15, -0.1) is 0 Å². The molecule has 2 rings (SSSR count). The highest BCUT2D eigenvalue weighted by atomic mass is 35.5. The molecule has 0 amide bonds. The number of carbonyl (C=O) groups excluding carboxylic acids is 1. The van der Waals surface area contributed by atoms with Gasteiger partial charge < -0.3 is 4.74 Å². The standard InChI is InChI=1S/C14H9ClFNO4/c15-13-5-4-11(17(19)20)7-12(13)14(18)21-8-9-2-1-3-10(16)6-9/h1-7H,8H2. The predicted octanol–water partition coefficient (Wildman–Crippen LogP) is 3.74. The molecule has 2 aromatic carbocycles. The van der Waals surface area contributed by atoms with E-state index in [4.69, 9.17) is 16.3 Å². The van der Waals surface area contributed by atoms with Crippen LogP contribution in [0.2, 0.25) is 5.02 Å². The summed E-state index contributed by atoms with van der Waals surface area (Å²) in [6.45, 7) is -0.157. The Balaban J connectivity index is 2.13. The molecule has 0 radical (unpaired) electrons. The topological polar surface area (TPSA) is 69.4 Å². The summed E-state index contributed by atoms with van der Waals surface area (Å²) in [4.78, 5) is 21.9. The number of rotatable bonds is 4. The fraction of sp³-hybridized carbons (Fsp3) is 0.0714. The van der Waals surface area contributed by atoms with E-state index in [1.54, 1.807) is 6.07 Å². The lowest BCUT2D eigenvalue weighted by Crippen LogP contribution is -2.06. The Morgan fingerprint density at radius 1 is 1.29 bits per heavy atom. The van der Waals surface area contributed by atoms with E-state index in [1.165, 1.54) is 30.3 Å². The van der Waals surface area contributed by atoms with Gasteiger partial charge in [0.05, 0.1) is 15.5 Å². The second kappa shape index (κ2) is 6.32. The van der Waals surface area contributed by atoms with Crippen molar-refractivity contribution >= 4 is 23.3 Å². The highest BCUT2D eigenvalue weighted by Gasteiger charge is 2.17. The average Bonchev–Trinajstić information content (AvgIpc) is 2.45. The number of nitro benzene ring substituents is 1. The van der Waals surface area contributed by atoms with Crippen LogP contribution in [0.4, 0.5) is 10.1 Å². The maximum absolute atomic E-state index is 13.0. The average molecular weight is 310 g/mol. The molecule has 0 aliphatic carbocycles. The molecule has 108 valence electrons. The van der Waals surface area contributed by atoms with Crippen molar-refractivity contribution in [2.45, 2.75) is 6.61 Å². The van der Waals surface area contributed by atoms with Crippen molar-refractivity contribution in [1.29, 1.82) is 0 Å². The van der Waals surface area contributed by atoms with Crippen LogP contribution in [0.1, 0.15) is 15.9 Å². The Hall–Kier alpha value is -2.47. The molecule has 5 nitrogen and oxygen atoms in total. The minimum atomic E-state index is -0.812. The van der Waals surface area contributed by atoms with Gasteiger partial charge >= 0.3 is 5.97 Å². The number of carbonyl (C=O) groups is 1. The number of non-ortho nitro benzene ring substituents is 1. The second-order valence-corrected chi connectivity index (χ2v) is 4.53. The zero-order chi connectivity index (χ0) is 15.4. The number of ether oxygens (including phenoxy) is 1. The molecule has 0 fully saturated rings. The van der Waals surface area contributed by atoms with Gasteiger partial charge in [0.25, 0.3) is 5.69 Å². The van der Waals surface area contributed by atoms with E-state index < -0.39 is 16.7 Å². The summed E-state index contributed by atoms with van der Waals surface area (Å²) in [7, 11) is 0. The van der Waals surface area contributed by atoms with Crippen LogP contribution in [-0.2, 0) is 11.3 Å². The van der Waals surface area contributed by atoms with Crippen molar-refractivity contribution in [3.8, 4) is 0 Å². The lowest BCUT2D eigenvalue weighted by molar-refractivity contribution is -0.384. The van der Waals surface area contributed by atoms with Gasteiger partial charge in [-0.05, 0) is 23.8 Å². The van der Waals surface area contributed by atoms with E-state index in [-0.39, 0.29) is 22.9 Å². The summed E-state index contributed by atoms with van der Waals surface area (Å²) in [5.74, 6) is -1.26. The van der Waals surface area contributed by atoms with E-state index in [0.29, 0.717) is 5.56 Å². The van der Waals surface area contributed by atoms with Crippen LogP contribution in [0.15, 0.2) is 42.5 Å². The maximum Gasteiger partial charge on any atom is 0.340 e. The van der Waals surface area contributed by atoms with E-state index in [1.807, 2.05) is 0 Å². The van der Waals surface area contributed by atoms with E-state index in [0.717, 1.165) is 6.07 Å². The molecule has 0 bridgehead atoms. The van der Waals surface area contributed by atoms with Crippen molar-refractivity contribution in [1.82, 2.24) is 0 Å². The number of hydrogen-bond acceptors (Lipinski definition) is 4. The molecule has 7 heteroatoms. The van der Waals surface area contributed by atoms with Crippen molar-refractivity contribution in [3.63, 3.8) is 0 Å². The van der Waals surface area contributed by atoms with Crippen LogP contribution in [0.5, 0.6) is 0 Å². The molecular formula is C14H9ClFNO4. The van der Waals surface area contributed by atoms with Crippen molar-refractivity contribution < 1.29 is 18.8 Å². The molecule has 0 aliphatic rings. The van der Waals surface area contributed by atoms with E-state index in [9.17, 15) is 19.3 Å². The largest absolute Gasteiger partial charge is 0.457 e. The zero-order valence-electron chi connectivity index (χ0n) is 10.6. The second-order valence-electron chi connectivity index (χ2n) is 4.13. The fourth-order valence-electron chi connectivity index (χ4n) is 1.64.